The van der Waals surface area contributed by atoms with Gasteiger partial charge in [-0.15, -0.1) is 0 Å². The molecule has 0 saturated heterocycles. The van der Waals surface area contributed by atoms with Gasteiger partial charge in [0.05, 0.1) is 11.4 Å². The van der Waals surface area contributed by atoms with Crippen molar-refractivity contribution in [1.82, 2.24) is 9.78 Å². The fraction of sp³-hybridized carbons (Fsp3) is 0.308. The van der Waals surface area contributed by atoms with E-state index in [1.807, 2.05) is 10.9 Å². The van der Waals surface area contributed by atoms with Crippen molar-refractivity contribution in [3.63, 3.8) is 0 Å². The van der Waals surface area contributed by atoms with Crippen molar-refractivity contribution < 1.29 is 0 Å². The van der Waals surface area contributed by atoms with E-state index in [1.165, 1.54) is 5.56 Å². The van der Waals surface area contributed by atoms with E-state index < -0.39 is 0 Å². The molecule has 1 aromatic carbocycles. The number of alkyl halides is 1. The van der Waals surface area contributed by atoms with E-state index in [0.717, 1.165) is 16.7 Å². The Hall–Kier alpha value is -1.09. The number of halogens is 1. The van der Waals surface area contributed by atoms with E-state index >= 15 is 0 Å². The van der Waals surface area contributed by atoms with Gasteiger partial charge in [-0.3, -0.25) is 0 Å². The summed E-state index contributed by atoms with van der Waals surface area (Å²) in [4.78, 5) is 0. The van der Waals surface area contributed by atoms with E-state index in [2.05, 4.69) is 65.2 Å². The largest absolute Gasteiger partial charge is 0.241 e. The smallest absolute Gasteiger partial charge is 0.0654 e. The van der Waals surface area contributed by atoms with Gasteiger partial charge in [0.1, 0.15) is 0 Å². The van der Waals surface area contributed by atoms with Crippen LogP contribution in [0.4, 0.5) is 0 Å². The molecule has 2 aromatic rings. The van der Waals surface area contributed by atoms with E-state index in [0.29, 0.717) is 5.92 Å². The maximum atomic E-state index is 4.54. The van der Waals surface area contributed by atoms with Gasteiger partial charge in [-0.1, -0.05) is 41.9 Å². The Morgan fingerprint density at radius 2 is 1.88 bits per heavy atom. The number of rotatable bonds is 3. The average molecular weight is 279 g/mol. The zero-order valence-corrected chi connectivity index (χ0v) is 11.1. The van der Waals surface area contributed by atoms with Gasteiger partial charge in [0, 0.05) is 11.5 Å². The van der Waals surface area contributed by atoms with Gasteiger partial charge >= 0.3 is 0 Å². The van der Waals surface area contributed by atoms with Crippen molar-refractivity contribution >= 4 is 15.9 Å². The lowest BCUT2D eigenvalue weighted by Crippen LogP contribution is -1.97. The molecule has 0 unspecified atom stereocenters. The molecule has 2 nitrogen and oxygen atoms in total. The van der Waals surface area contributed by atoms with Crippen LogP contribution in [0.15, 0.2) is 36.5 Å². The van der Waals surface area contributed by atoms with E-state index in [1.54, 1.807) is 0 Å². The number of hydrogen-bond donors (Lipinski definition) is 0. The Morgan fingerprint density at radius 1 is 1.19 bits per heavy atom. The Bertz CT molecular complexity index is 457. The van der Waals surface area contributed by atoms with Crippen LogP contribution in [0.25, 0.3) is 5.69 Å². The molecular weight excluding hydrogens is 264 g/mol. The topological polar surface area (TPSA) is 17.8 Å². The van der Waals surface area contributed by atoms with Crippen LogP contribution in [0.2, 0.25) is 0 Å². The maximum absolute atomic E-state index is 4.54. The molecule has 0 saturated carbocycles. The second-order valence-corrected chi connectivity index (χ2v) is 4.70. The molecule has 3 heteroatoms. The number of nitrogens with zero attached hydrogens (tertiary/aromatic N) is 2. The minimum Gasteiger partial charge on any atom is -0.241 e. The molecular formula is C13H15BrN2. The molecule has 0 aliphatic carbocycles. The first-order valence-electron chi connectivity index (χ1n) is 5.41. The minimum atomic E-state index is 0.475. The second-order valence-electron chi connectivity index (χ2n) is 4.14. The molecule has 2 rings (SSSR count). The summed E-state index contributed by atoms with van der Waals surface area (Å²) < 4.78 is 1.92. The summed E-state index contributed by atoms with van der Waals surface area (Å²) >= 11 is 3.44. The molecule has 1 heterocycles. The monoisotopic (exact) mass is 278 g/mol. The highest BCUT2D eigenvalue weighted by Crippen LogP contribution is 2.15. The minimum absolute atomic E-state index is 0.475. The summed E-state index contributed by atoms with van der Waals surface area (Å²) in [5.41, 5.74) is 3.51. The average Bonchev–Trinajstić information content (AvgIpc) is 2.78. The molecule has 0 aliphatic rings. The van der Waals surface area contributed by atoms with Crippen molar-refractivity contribution in [3.05, 3.63) is 47.8 Å². The summed E-state index contributed by atoms with van der Waals surface area (Å²) in [5, 5.41) is 5.43. The molecule has 0 bridgehead atoms. The summed E-state index contributed by atoms with van der Waals surface area (Å²) in [6, 6.07) is 10.5. The fourth-order valence-electron chi connectivity index (χ4n) is 1.53. The Kier molecular flexibility index (Phi) is 3.44. The van der Waals surface area contributed by atoms with Crippen LogP contribution in [0.1, 0.15) is 31.0 Å². The van der Waals surface area contributed by atoms with Gasteiger partial charge in [0.25, 0.3) is 0 Å². The zero-order valence-electron chi connectivity index (χ0n) is 9.52. The van der Waals surface area contributed by atoms with Gasteiger partial charge in [-0.05, 0) is 29.7 Å². The predicted octanol–water partition coefficient (Wildman–Crippen LogP) is 3.89. The third kappa shape index (κ3) is 2.35. The van der Waals surface area contributed by atoms with E-state index in [9.17, 15) is 0 Å². The van der Waals surface area contributed by atoms with Gasteiger partial charge in [-0.25, -0.2) is 4.68 Å². The van der Waals surface area contributed by atoms with Crippen molar-refractivity contribution in [2.24, 2.45) is 0 Å². The molecule has 0 spiro atoms. The summed E-state index contributed by atoms with van der Waals surface area (Å²) in [5.74, 6) is 0.475. The summed E-state index contributed by atoms with van der Waals surface area (Å²) in [6.07, 6.45) is 2.01. The van der Waals surface area contributed by atoms with Gasteiger partial charge in [0.2, 0.25) is 0 Å². The van der Waals surface area contributed by atoms with Crippen LogP contribution in [0.5, 0.6) is 0 Å². The molecule has 16 heavy (non-hydrogen) atoms. The quantitative estimate of drug-likeness (QED) is 0.779. The van der Waals surface area contributed by atoms with Crippen LogP contribution < -0.4 is 0 Å². The zero-order chi connectivity index (χ0) is 11.5. The first-order chi connectivity index (χ1) is 7.70. The molecule has 0 fully saturated rings. The number of hydrogen-bond acceptors (Lipinski definition) is 1. The standard InChI is InChI=1S/C13H15BrN2/c1-10(2)13-7-8-16(15-13)12-5-3-11(9-14)4-6-12/h3-8,10H,9H2,1-2H3. The molecule has 84 valence electrons. The highest BCUT2D eigenvalue weighted by Gasteiger charge is 2.04. The van der Waals surface area contributed by atoms with Crippen molar-refractivity contribution in [3.8, 4) is 5.69 Å². The van der Waals surface area contributed by atoms with Crippen molar-refractivity contribution in [2.45, 2.75) is 25.1 Å². The third-order valence-corrected chi connectivity index (χ3v) is 3.20. The normalized spacial score (nSPS) is 11.0. The van der Waals surface area contributed by atoms with Crippen LogP contribution in [0.3, 0.4) is 0 Å². The lowest BCUT2D eigenvalue weighted by atomic mass is 10.1. The molecule has 0 atom stereocenters. The molecule has 0 aliphatic heterocycles. The SMILES string of the molecule is CC(C)c1ccn(-c2ccc(CBr)cc2)n1. The summed E-state index contributed by atoms with van der Waals surface area (Å²) in [7, 11) is 0. The highest BCUT2D eigenvalue weighted by molar-refractivity contribution is 9.08. The van der Waals surface area contributed by atoms with Crippen molar-refractivity contribution in [1.29, 1.82) is 0 Å². The van der Waals surface area contributed by atoms with Gasteiger partial charge in [-0.2, -0.15) is 5.10 Å². The number of benzene rings is 1. The molecule has 0 amide bonds. The van der Waals surface area contributed by atoms with Crippen molar-refractivity contribution in [2.75, 3.05) is 0 Å². The Morgan fingerprint density at radius 3 is 2.38 bits per heavy atom. The Labute approximate surface area is 104 Å². The van der Waals surface area contributed by atoms with Crippen LogP contribution in [0, 0.1) is 0 Å². The predicted molar refractivity (Wildman–Crippen MR) is 70.3 cm³/mol. The fourth-order valence-corrected chi connectivity index (χ4v) is 1.90. The first-order valence-corrected chi connectivity index (χ1v) is 6.53. The van der Waals surface area contributed by atoms with Crippen LogP contribution in [-0.2, 0) is 5.33 Å². The number of aromatic nitrogens is 2. The summed E-state index contributed by atoms with van der Waals surface area (Å²) in [6.45, 7) is 4.31. The second kappa shape index (κ2) is 4.83. The lowest BCUT2D eigenvalue weighted by Gasteiger charge is -2.03. The third-order valence-electron chi connectivity index (χ3n) is 2.56. The maximum Gasteiger partial charge on any atom is 0.0654 e. The van der Waals surface area contributed by atoms with E-state index in [4.69, 9.17) is 0 Å². The molecule has 0 radical (unpaired) electrons. The van der Waals surface area contributed by atoms with Crippen LogP contribution >= 0.6 is 15.9 Å². The van der Waals surface area contributed by atoms with E-state index in [-0.39, 0.29) is 0 Å². The lowest BCUT2D eigenvalue weighted by molar-refractivity contribution is 0.768. The molecule has 0 N–H and O–H groups in total. The highest BCUT2D eigenvalue weighted by atomic mass is 79.9. The van der Waals surface area contributed by atoms with Gasteiger partial charge in [0.15, 0.2) is 0 Å². The molecule has 1 aromatic heterocycles. The first kappa shape index (κ1) is 11.4. The van der Waals surface area contributed by atoms with Gasteiger partial charge < -0.3 is 0 Å². The Balaban J connectivity index is 2.28. The van der Waals surface area contributed by atoms with Crippen LogP contribution in [-0.4, -0.2) is 9.78 Å².